The van der Waals surface area contributed by atoms with Crippen LogP contribution in [0, 0.1) is 11.6 Å². The van der Waals surface area contributed by atoms with Crippen LogP contribution in [0.3, 0.4) is 0 Å². The van der Waals surface area contributed by atoms with Crippen LogP contribution in [0.5, 0.6) is 11.5 Å². The fourth-order valence-electron chi connectivity index (χ4n) is 3.43. The van der Waals surface area contributed by atoms with Gasteiger partial charge >= 0.3 is 11.9 Å². The number of rotatable bonds is 12. The molecule has 206 valence electrons. The lowest BCUT2D eigenvalue weighted by molar-refractivity contribution is -0.159. The second kappa shape index (κ2) is 15.4. The van der Waals surface area contributed by atoms with Crippen molar-refractivity contribution < 1.29 is 43.2 Å². The summed E-state index contributed by atoms with van der Waals surface area (Å²) in [6, 6.07) is 10.6. The number of benzene rings is 2. The van der Waals surface area contributed by atoms with Crippen molar-refractivity contribution in [1.29, 1.82) is 0 Å². The number of likely N-dealkylation sites (N-methyl/N-ethyl adjacent to an activating group) is 1. The third-order valence-corrected chi connectivity index (χ3v) is 5.33. The van der Waals surface area contributed by atoms with Gasteiger partial charge in [0.1, 0.15) is 29.7 Å². The standard InChI is InChI=1S/C24H29F2N3O3.C2H2O4/c1-29(10-11-32-20-13-17(25)12-18(26)14-20)9-3-7-27-16-24(30)21-6-8-28-23-5-4-19(31-2)15-22(21)23;3-1(4)2(5)6/h4-6,8,12-15,24,27,30H,3,7,9-11,16H2,1-2H3;(H,3,4)(H,5,6)/t24-;/m0./s1. The molecule has 0 fully saturated rings. The van der Waals surface area contributed by atoms with E-state index in [1.165, 1.54) is 12.1 Å². The molecular weight excluding hydrogens is 504 g/mol. The lowest BCUT2D eigenvalue weighted by Gasteiger charge is -2.18. The molecule has 10 nitrogen and oxygen atoms in total. The van der Waals surface area contributed by atoms with Gasteiger partial charge in [0.2, 0.25) is 0 Å². The Morgan fingerprint density at radius 3 is 2.34 bits per heavy atom. The zero-order valence-electron chi connectivity index (χ0n) is 21.1. The average molecular weight is 536 g/mol. The molecule has 0 bridgehead atoms. The number of aliphatic carboxylic acids is 2. The SMILES string of the molecule is COc1ccc2nccc([C@@H](O)CNCCCN(C)CCOc3cc(F)cc(F)c3)c2c1.O=C(O)C(=O)O. The van der Waals surface area contributed by atoms with E-state index in [-0.39, 0.29) is 5.75 Å². The zero-order valence-corrected chi connectivity index (χ0v) is 21.1. The Labute approximate surface area is 218 Å². The van der Waals surface area contributed by atoms with Crippen molar-refractivity contribution in [3.63, 3.8) is 0 Å². The number of nitrogens with zero attached hydrogens (tertiary/aromatic N) is 2. The molecule has 38 heavy (non-hydrogen) atoms. The summed E-state index contributed by atoms with van der Waals surface area (Å²) in [4.78, 5) is 24.6. The Balaban J connectivity index is 0.000000757. The molecule has 0 spiro atoms. The van der Waals surface area contributed by atoms with E-state index in [4.69, 9.17) is 29.3 Å². The first kappa shape index (κ1) is 30.4. The van der Waals surface area contributed by atoms with Crippen molar-refractivity contribution in [3.8, 4) is 11.5 Å². The van der Waals surface area contributed by atoms with Gasteiger partial charge in [-0.25, -0.2) is 18.4 Å². The van der Waals surface area contributed by atoms with Gasteiger partial charge in [-0.3, -0.25) is 4.98 Å². The summed E-state index contributed by atoms with van der Waals surface area (Å²) in [5, 5.41) is 29.6. The molecule has 1 aromatic heterocycles. The van der Waals surface area contributed by atoms with Crippen LogP contribution in [0.1, 0.15) is 18.1 Å². The Morgan fingerprint density at radius 1 is 1.03 bits per heavy atom. The molecule has 0 aliphatic rings. The van der Waals surface area contributed by atoms with Crippen molar-refractivity contribution in [2.24, 2.45) is 0 Å². The van der Waals surface area contributed by atoms with E-state index in [0.29, 0.717) is 19.7 Å². The Bertz CT molecular complexity index is 1180. The predicted molar refractivity (Wildman–Crippen MR) is 135 cm³/mol. The number of ether oxygens (including phenoxy) is 2. The van der Waals surface area contributed by atoms with Gasteiger partial charge in [0.05, 0.1) is 18.7 Å². The smallest absolute Gasteiger partial charge is 0.414 e. The van der Waals surface area contributed by atoms with E-state index in [2.05, 4.69) is 15.2 Å². The van der Waals surface area contributed by atoms with E-state index in [9.17, 15) is 13.9 Å². The maximum atomic E-state index is 13.2. The number of carboxylic acid groups (broad SMARTS) is 2. The molecule has 0 unspecified atom stereocenters. The molecule has 0 amide bonds. The van der Waals surface area contributed by atoms with Gasteiger partial charge in [0.15, 0.2) is 0 Å². The molecule has 12 heteroatoms. The number of pyridine rings is 1. The van der Waals surface area contributed by atoms with Crippen molar-refractivity contribution in [3.05, 3.63) is 65.9 Å². The van der Waals surface area contributed by atoms with Crippen LogP contribution in [0.25, 0.3) is 10.9 Å². The first-order valence-electron chi connectivity index (χ1n) is 11.7. The highest BCUT2D eigenvalue weighted by Crippen LogP contribution is 2.26. The number of nitrogens with one attached hydrogen (secondary N) is 1. The van der Waals surface area contributed by atoms with Gasteiger partial charge in [-0.15, -0.1) is 0 Å². The molecular formula is C26H31F2N3O7. The Kier molecular flexibility index (Phi) is 12.3. The van der Waals surface area contributed by atoms with Crippen LogP contribution >= 0.6 is 0 Å². The van der Waals surface area contributed by atoms with E-state index in [0.717, 1.165) is 47.8 Å². The normalized spacial score (nSPS) is 11.5. The second-order valence-corrected chi connectivity index (χ2v) is 8.22. The van der Waals surface area contributed by atoms with Crippen molar-refractivity contribution in [2.75, 3.05) is 46.9 Å². The van der Waals surface area contributed by atoms with Crippen LogP contribution in [0.15, 0.2) is 48.7 Å². The molecule has 1 heterocycles. The largest absolute Gasteiger partial charge is 0.497 e. The Morgan fingerprint density at radius 2 is 1.71 bits per heavy atom. The molecule has 0 aliphatic heterocycles. The van der Waals surface area contributed by atoms with E-state index in [1.807, 2.05) is 31.3 Å². The Hall–Kier alpha value is -3.87. The van der Waals surface area contributed by atoms with E-state index < -0.39 is 29.7 Å². The highest BCUT2D eigenvalue weighted by molar-refractivity contribution is 6.27. The van der Waals surface area contributed by atoms with Gasteiger partial charge in [0, 0.05) is 42.9 Å². The first-order valence-corrected chi connectivity index (χ1v) is 11.7. The predicted octanol–water partition coefficient (Wildman–Crippen LogP) is 2.70. The average Bonchev–Trinajstić information content (AvgIpc) is 2.87. The maximum Gasteiger partial charge on any atom is 0.414 e. The van der Waals surface area contributed by atoms with Gasteiger partial charge < -0.3 is 35.0 Å². The van der Waals surface area contributed by atoms with Gasteiger partial charge in [-0.2, -0.15) is 0 Å². The molecule has 0 radical (unpaired) electrons. The summed E-state index contributed by atoms with van der Waals surface area (Å²) >= 11 is 0. The number of aliphatic hydroxyl groups is 1. The number of aromatic nitrogens is 1. The summed E-state index contributed by atoms with van der Waals surface area (Å²) in [6.07, 6.45) is 1.91. The highest BCUT2D eigenvalue weighted by Gasteiger charge is 2.12. The fraction of sp³-hybridized carbons (Fsp3) is 0.346. The molecule has 1 atom stereocenters. The number of carboxylic acids is 2. The monoisotopic (exact) mass is 535 g/mol. The summed E-state index contributed by atoms with van der Waals surface area (Å²) in [5.74, 6) is -4.04. The van der Waals surface area contributed by atoms with Crippen molar-refractivity contribution in [2.45, 2.75) is 12.5 Å². The lowest BCUT2D eigenvalue weighted by Crippen LogP contribution is -2.29. The van der Waals surface area contributed by atoms with Gasteiger partial charge in [-0.1, -0.05) is 0 Å². The van der Waals surface area contributed by atoms with Crippen LogP contribution in [-0.4, -0.2) is 84.1 Å². The molecule has 0 saturated carbocycles. The first-order chi connectivity index (χ1) is 18.1. The second-order valence-electron chi connectivity index (χ2n) is 8.22. The molecule has 4 N–H and O–H groups in total. The van der Waals surface area contributed by atoms with Crippen molar-refractivity contribution >= 4 is 22.8 Å². The fourth-order valence-corrected chi connectivity index (χ4v) is 3.43. The van der Waals surface area contributed by atoms with E-state index in [1.54, 1.807) is 13.3 Å². The van der Waals surface area contributed by atoms with Crippen LogP contribution in [0.2, 0.25) is 0 Å². The number of fused-ring (bicyclic) bond motifs is 1. The number of methoxy groups -OCH3 is 1. The molecule has 3 rings (SSSR count). The molecule has 3 aromatic rings. The number of hydrogen-bond donors (Lipinski definition) is 4. The minimum absolute atomic E-state index is 0.188. The number of halogens is 2. The van der Waals surface area contributed by atoms with Crippen LogP contribution in [-0.2, 0) is 9.59 Å². The topological polar surface area (TPSA) is 141 Å². The number of hydrogen-bond acceptors (Lipinski definition) is 8. The molecule has 0 saturated heterocycles. The summed E-state index contributed by atoms with van der Waals surface area (Å²) in [6.45, 7) is 2.95. The minimum Gasteiger partial charge on any atom is -0.497 e. The summed E-state index contributed by atoms with van der Waals surface area (Å²) in [5.41, 5.74) is 1.62. The van der Waals surface area contributed by atoms with Crippen LogP contribution < -0.4 is 14.8 Å². The zero-order chi connectivity index (χ0) is 28.1. The summed E-state index contributed by atoms with van der Waals surface area (Å²) < 4.78 is 37.0. The minimum atomic E-state index is -1.82. The molecule has 0 aliphatic carbocycles. The van der Waals surface area contributed by atoms with Gasteiger partial charge in [-0.05, 0) is 56.4 Å². The van der Waals surface area contributed by atoms with Crippen LogP contribution in [0.4, 0.5) is 8.78 Å². The van der Waals surface area contributed by atoms with E-state index >= 15 is 0 Å². The third kappa shape index (κ3) is 10.2. The lowest BCUT2D eigenvalue weighted by atomic mass is 10.0. The quantitative estimate of drug-likeness (QED) is 0.202. The number of carbonyl (C=O) groups is 2. The highest BCUT2D eigenvalue weighted by atomic mass is 19.1. The molecule has 2 aromatic carbocycles. The number of aliphatic hydroxyl groups excluding tert-OH is 1. The summed E-state index contributed by atoms with van der Waals surface area (Å²) in [7, 11) is 3.57. The van der Waals surface area contributed by atoms with Crippen molar-refractivity contribution in [1.82, 2.24) is 15.2 Å². The third-order valence-electron chi connectivity index (χ3n) is 5.33. The maximum absolute atomic E-state index is 13.2. The van der Waals surface area contributed by atoms with Gasteiger partial charge in [0.25, 0.3) is 0 Å².